The number of nitrogens with zero attached hydrogens (tertiary/aromatic N) is 2. The maximum atomic E-state index is 13.2. The fourth-order valence-corrected chi connectivity index (χ4v) is 9.85. The molecular formula is C61H116N2O8. The van der Waals surface area contributed by atoms with E-state index in [2.05, 4.69) is 46.4 Å². The number of carbonyl (C=O) groups is 2. The van der Waals surface area contributed by atoms with Gasteiger partial charge in [-0.25, -0.2) is 4.79 Å². The molecule has 1 amide bonds. The molecule has 10 nitrogen and oxygen atoms in total. The van der Waals surface area contributed by atoms with Crippen LogP contribution >= 0.6 is 0 Å². The Balaban J connectivity index is 0.000000607. The van der Waals surface area contributed by atoms with Crippen LogP contribution in [0, 0.1) is 11.8 Å². The van der Waals surface area contributed by atoms with E-state index in [-0.39, 0.29) is 30.6 Å². The molecule has 3 aliphatic rings. The smallest absolute Gasteiger partial charge is 0.409 e. The highest BCUT2D eigenvalue weighted by molar-refractivity contribution is 5.75. The van der Waals surface area contributed by atoms with Gasteiger partial charge in [-0.05, 0) is 108 Å². The minimum atomic E-state index is -0.194. The highest BCUT2D eigenvalue weighted by Gasteiger charge is 2.40. The van der Waals surface area contributed by atoms with Gasteiger partial charge in [0.05, 0.1) is 18.9 Å². The van der Waals surface area contributed by atoms with Gasteiger partial charge in [0.15, 0.2) is 12.6 Å². The van der Waals surface area contributed by atoms with Crippen LogP contribution in [0.2, 0.25) is 0 Å². The van der Waals surface area contributed by atoms with E-state index in [9.17, 15) is 9.59 Å². The number of carbonyl (C=O) groups excluding carboxylic acids is 2. The van der Waals surface area contributed by atoms with Crippen molar-refractivity contribution in [2.75, 3.05) is 65.8 Å². The van der Waals surface area contributed by atoms with E-state index in [0.717, 1.165) is 128 Å². The molecule has 2 saturated carbocycles. The average molecular weight is 1010 g/mol. The number of hydrogen-bond acceptors (Lipinski definition) is 9. The summed E-state index contributed by atoms with van der Waals surface area (Å²) in [6, 6.07) is 0. The summed E-state index contributed by atoms with van der Waals surface area (Å²) in [7, 11) is 0. The predicted octanol–water partition coefficient (Wildman–Crippen LogP) is 16.7. The highest BCUT2D eigenvalue weighted by Crippen LogP contribution is 2.42. The largest absolute Gasteiger partial charge is 0.493 e. The van der Waals surface area contributed by atoms with Gasteiger partial charge in [-0.2, -0.15) is 0 Å². The number of likely N-dealkylation sites (tertiary alicyclic amines) is 1. The van der Waals surface area contributed by atoms with Crippen LogP contribution in [0.15, 0.2) is 11.3 Å². The first-order chi connectivity index (χ1) is 34.8. The minimum Gasteiger partial charge on any atom is -0.493 e. The summed E-state index contributed by atoms with van der Waals surface area (Å²) in [5.74, 6) is 2.61. The number of unbranched alkanes of at least 4 members (excludes halogenated alkanes) is 20. The lowest BCUT2D eigenvalue weighted by molar-refractivity contribution is -0.150. The topological polar surface area (TPSA) is 96.0 Å². The minimum absolute atomic E-state index is 0.0344. The number of ether oxygens (including phenoxy) is 6. The Bertz CT molecular complexity index is 1230. The summed E-state index contributed by atoms with van der Waals surface area (Å²) in [4.78, 5) is 28.7. The first-order valence-electron chi connectivity index (χ1n) is 30.7. The molecule has 0 aromatic heterocycles. The number of ketones is 1. The standard InChI is InChI=1S/C40H74N2O5.C21H42O3/c1-5-9-11-13-15-17-28-44-39(45-29-18-16-14-12-10-6-2)26-25-38(35-21-19-22-35)47-37-31-36(34-23-24-34)32-42(33-37)40(43)46-30-20-27-41(7-3)8-4;1-4-6-8-10-12-14-18-23-21(17-16-20(3)22)24-19-15-13-11-9-7-5-2/h34,36-37,39H,5-33H2,1-4H3;21H,4-19H2,1-3H3. The number of amides is 1. The average Bonchev–Trinajstić information content (AvgIpc) is 4.21. The van der Waals surface area contributed by atoms with Gasteiger partial charge in [0.2, 0.25) is 0 Å². The zero-order valence-electron chi connectivity index (χ0n) is 47.9. The van der Waals surface area contributed by atoms with Crippen LogP contribution in [0.5, 0.6) is 0 Å². The van der Waals surface area contributed by atoms with Crippen LogP contribution in [-0.4, -0.2) is 106 Å². The third-order valence-electron chi connectivity index (χ3n) is 14.9. The van der Waals surface area contributed by atoms with Crippen LogP contribution in [0.1, 0.15) is 273 Å². The first kappa shape index (κ1) is 65.4. The molecule has 2 unspecified atom stereocenters. The lowest BCUT2D eigenvalue weighted by Crippen LogP contribution is -2.48. The maximum absolute atomic E-state index is 13.2. The zero-order valence-corrected chi connectivity index (χ0v) is 47.9. The van der Waals surface area contributed by atoms with Crippen molar-refractivity contribution in [2.24, 2.45) is 11.8 Å². The summed E-state index contributed by atoms with van der Waals surface area (Å²) >= 11 is 0. The molecule has 1 saturated heterocycles. The number of rotatable bonds is 47. The number of piperidine rings is 1. The molecule has 3 rings (SSSR count). The lowest BCUT2D eigenvalue weighted by Gasteiger charge is -2.38. The van der Waals surface area contributed by atoms with Crippen molar-refractivity contribution in [3.8, 4) is 0 Å². The third kappa shape index (κ3) is 35.2. The molecule has 0 bridgehead atoms. The Morgan fingerprint density at radius 1 is 0.535 bits per heavy atom. The monoisotopic (exact) mass is 1000 g/mol. The second kappa shape index (κ2) is 45.7. The van der Waals surface area contributed by atoms with Crippen LogP contribution in [0.25, 0.3) is 0 Å². The zero-order chi connectivity index (χ0) is 51.4. The summed E-state index contributed by atoms with van der Waals surface area (Å²) in [6.45, 7) is 23.0. The molecule has 71 heavy (non-hydrogen) atoms. The van der Waals surface area contributed by atoms with Gasteiger partial charge in [0.25, 0.3) is 0 Å². The molecular weight excluding hydrogens is 889 g/mol. The van der Waals surface area contributed by atoms with E-state index in [1.165, 1.54) is 153 Å². The molecule has 1 aliphatic heterocycles. The van der Waals surface area contributed by atoms with E-state index in [4.69, 9.17) is 28.4 Å². The molecule has 3 fully saturated rings. The van der Waals surface area contributed by atoms with E-state index in [0.29, 0.717) is 31.9 Å². The number of hydrogen-bond donors (Lipinski definition) is 0. The van der Waals surface area contributed by atoms with Gasteiger partial charge in [-0.1, -0.05) is 170 Å². The first-order valence-corrected chi connectivity index (χ1v) is 30.7. The Labute approximate surface area is 438 Å². The molecule has 0 spiro atoms. The summed E-state index contributed by atoms with van der Waals surface area (Å²) < 4.78 is 37.2. The van der Waals surface area contributed by atoms with Crippen LogP contribution < -0.4 is 0 Å². The molecule has 0 N–H and O–H groups in total. The number of allylic oxidation sites excluding steroid dienone is 2. The Hall–Kier alpha value is -1.72. The van der Waals surface area contributed by atoms with Gasteiger partial charge in [0, 0.05) is 65.2 Å². The van der Waals surface area contributed by atoms with Gasteiger partial charge in [-0.3, -0.25) is 0 Å². The molecule has 1 heterocycles. The lowest BCUT2D eigenvalue weighted by atomic mass is 9.89. The van der Waals surface area contributed by atoms with Crippen molar-refractivity contribution in [2.45, 2.75) is 292 Å². The normalized spacial score (nSPS) is 16.9. The van der Waals surface area contributed by atoms with E-state index < -0.39 is 0 Å². The van der Waals surface area contributed by atoms with Gasteiger partial charge < -0.3 is 43.0 Å². The van der Waals surface area contributed by atoms with Crippen LogP contribution in [0.4, 0.5) is 4.79 Å². The van der Waals surface area contributed by atoms with Crippen LogP contribution in [-0.2, 0) is 33.2 Å². The number of Topliss-reactive ketones (excluding diaryl/α,β-unsaturated/α-hetero) is 1. The third-order valence-corrected chi connectivity index (χ3v) is 14.9. The highest BCUT2D eigenvalue weighted by atomic mass is 16.7. The Kier molecular flexibility index (Phi) is 42.0. The second-order valence-electron chi connectivity index (χ2n) is 21.5. The summed E-state index contributed by atoms with van der Waals surface area (Å²) in [6.07, 6.45) is 40.8. The van der Waals surface area contributed by atoms with E-state index >= 15 is 0 Å². The SMILES string of the molecule is CCCCCCCCOC(CCC(C)=O)OCCCCCCCC.CCCCCCCCOC(CCC(OC1CC(C2CC2)CN(C(=O)OCCCN(CC)CC)C1)=C1CCC1)OCCCCCCCC. The molecule has 418 valence electrons. The van der Waals surface area contributed by atoms with Crippen molar-refractivity contribution in [3.05, 3.63) is 11.3 Å². The van der Waals surface area contributed by atoms with Crippen molar-refractivity contribution in [1.29, 1.82) is 0 Å². The van der Waals surface area contributed by atoms with Crippen molar-refractivity contribution >= 4 is 11.9 Å². The van der Waals surface area contributed by atoms with E-state index in [1.807, 2.05) is 4.90 Å². The molecule has 10 heteroatoms. The fraction of sp³-hybridized carbons (Fsp3) is 0.934. The van der Waals surface area contributed by atoms with Crippen molar-refractivity contribution in [3.63, 3.8) is 0 Å². The van der Waals surface area contributed by atoms with Gasteiger partial charge in [0.1, 0.15) is 11.9 Å². The Morgan fingerprint density at radius 2 is 0.972 bits per heavy atom. The van der Waals surface area contributed by atoms with Crippen molar-refractivity contribution < 1.29 is 38.0 Å². The van der Waals surface area contributed by atoms with Gasteiger partial charge >= 0.3 is 6.09 Å². The van der Waals surface area contributed by atoms with E-state index in [1.54, 1.807) is 6.92 Å². The maximum Gasteiger partial charge on any atom is 0.409 e. The molecule has 2 aliphatic carbocycles. The quantitative estimate of drug-likeness (QED) is 0.0335. The van der Waals surface area contributed by atoms with Crippen LogP contribution in [0.3, 0.4) is 0 Å². The summed E-state index contributed by atoms with van der Waals surface area (Å²) in [5.41, 5.74) is 1.47. The second-order valence-corrected chi connectivity index (χ2v) is 21.5. The molecule has 0 aromatic carbocycles. The predicted molar refractivity (Wildman–Crippen MR) is 296 cm³/mol. The fourth-order valence-electron chi connectivity index (χ4n) is 9.85. The van der Waals surface area contributed by atoms with Crippen molar-refractivity contribution in [1.82, 2.24) is 9.80 Å². The molecule has 2 atom stereocenters. The van der Waals surface area contributed by atoms with Gasteiger partial charge in [-0.15, -0.1) is 0 Å². The Morgan fingerprint density at radius 3 is 1.37 bits per heavy atom. The molecule has 0 radical (unpaired) electrons. The molecule has 0 aromatic rings. The summed E-state index contributed by atoms with van der Waals surface area (Å²) in [5, 5.41) is 0.